The van der Waals surface area contributed by atoms with Gasteiger partial charge in [0.25, 0.3) is 17.5 Å². The molecule has 0 aliphatic carbocycles. The minimum atomic E-state index is -0.687. The Bertz CT molecular complexity index is 1430. The maximum atomic E-state index is 13.3. The highest BCUT2D eigenvalue weighted by Gasteiger charge is 2.36. The molecule has 0 bridgehead atoms. The van der Waals surface area contributed by atoms with Crippen molar-refractivity contribution in [1.82, 2.24) is 4.90 Å². The quantitative estimate of drug-likeness (QED) is 0.215. The molecule has 4 rings (SSSR count). The first-order chi connectivity index (χ1) is 16.3. The van der Waals surface area contributed by atoms with Crippen LogP contribution in [0, 0.1) is 21.4 Å². The van der Waals surface area contributed by atoms with E-state index in [4.69, 9.17) is 16.0 Å². The number of nitro groups is 1. The second-order valence-corrected chi connectivity index (χ2v) is 7.87. The van der Waals surface area contributed by atoms with Crippen molar-refractivity contribution < 1.29 is 18.9 Å². The van der Waals surface area contributed by atoms with Crippen LogP contribution in [0.15, 0.2) is 81.8 Å². The number of nitro benzene ring substituents is 1. The number of nitrogens with zero attached hydrogens (tertiary/aromatic N) is 3. The average Bonchev–Trinajstić information content (AvgIpc) is 3.30. The molecule has 9 heteroatoms. The number of hydrogen-bond acceptors (Lipinski definition) is 6. The van der Waals surface area contributed by atoms with Crippen LogP contribution in [0.5, 0.6) is 0 Å². The monoisotopic (exact) mass is 473 g/mol. The first-order valence-electron chi connectivity index (χ1n) is 10.1. The standard InChI is InChI=1S/C25H16ClN3O5/c1-15-20(12-19-10-11-23(34-19)16-6-8-18(9-7-16)29(32)33)24(30)28(25(31)21(15)13-27)14-17-4-2-3-5-22(17)26/h2-12H,14H2,1H3/b20-12+. The molecule has 1 aliphatic heterocycles. The van der Waals surface area contributed by atoms with Crippen LogP contribution < -0.4 is 0 Å². The van der Waals surface area contributed by atoms with E-state index < -0.39 is 16.7 Å². The number of amides is 2. The van der Waals surface area contributed by atoms with Crippen molar-refractivity contribution in [3.05, 3.63) is 104 Å². The van der Waals surface area contributed by atoms with Gasteiger partial charge in [-0.15, -0.1) is 0 Å². The average molecular weight is 474 g/mol. The molecule has 3 aromatic rings. The lowest BCUT2D eigenvalue weighted by atomic mass is 9.94. The maximum absolute atomic E-state index is 13.3. The third kappa shape index (κ3) is 4.25. The molecule has 1 aromatic heterocycles. The fourth-order valence-corrected chi connectivity index (χ4v) is 3.74. The highest BCUT2D eigenvalue weighted by molar-refractivity contribution is 6.31. The molecule has 0 atom stereocenters. The summed E-state index contributed by atoms with van der Waals surface area (Å²) in [6, 6.07) is 17.9. The molecule has 2 heterocycles. The number of furan rings is 1. The summed E-state index contributed by atoms with van der Waals surface area (Å²) in [6.07, 6.45) is 1.47. The number of non-ortho nitro benzene ring substituents is 1. The second-order valence-electron chi connectivity index (χ2n) is 7.46. The predicted octanol–water partition coefficient (Wildman–Crippen LogP) is 5.30. The van der Waals surface area contributed by atoms with E-state index in [1.165, 1.54) is 25.1 Å². The zero-order valence-electron chi connectivity index (χ0n) is 17.8. The number of benzene rings is 2. The molecule has 0 N–H and O–H groups in total. The SMILES string of the molecule is CC1=C(C#N)C(=O)N(Cc2ccccc2Cl)C(=O)/C1=C/c1ccc(-c2ccc([N+](=O)[O-])cc2)o1. The van der Waals surface area contributed by atoms with E-state index >= 15 is 0 Å². The van der Waals surface area contributed by atoms with Gasteiger partial charge in [0.1, 0.15) is 23.2 Å². The number of rotatable bonds is 5. The molecule has 168 valence electrons. The van der Waals surface area contributed by atoms with Crippen LogP contribution in [0.1, 0.15) is 18.2 Å². The fraction of sp³-hybridized carbons (Fsp3) is 0.0800. The topological polar surface area (TPSA) is 117 Å². The molecule has 1 aliphatic rings. The Balaban J connectivity index is 1.69. The smallest absolute Gasteiger partial charge is 0.271 e. The van der Waals surface area contributed by atoms with Gasteiger partial charge in [0.05, 0.1) is 11.5 Å². The van der Waals surface area contributed by atoms with Crippen molar-refractivity contribution in [2.24, 2.45) is 0 Å². The van der Waals surface area contributed by atoms with Crippen LogP contribution in [-0.2, 0) is 16.1 Å². The van der Waals surface area contributed by atoms with E-state index in [2.05, 4.69) is 0 Å². The lowest BCUT2D eigenvalue weighted by Gasteiger charge is -2.27. The minimum Gasteiger partial charge on any atom is -0.457 e. The number of carbonyl (C=O) groups excluding carboxylic acids is 2. The molecule has 0 fully saturated rings. The lowest BCUT2D eigenvalue weighted by molar-refractivity contribution is -0.384. The van der Waals surface area contributed by atoms with Gasteiger partial charge in [0.2, 0.25) is 0 Å². The zero-order valence-corrected chi connectivity index (χ0v) is 18.6. The molecular weight excluding hydrogens is 458 g/mol. The van der Waals surface area contributed by atoms with Crippen LogP contribution in [0.3, 0.4) is 0 Å². The number of nitriles is 1. The summed E-state index contributed by atoms with van der Waals surface area (Å²) >= 11 is 6.20. The maximum Gasteiger partial charge on any atom is 0.271 e. The van der Waals surface area contributed by atoms with Crippen molar-refractivity contribution >= 4 is 35.2 Å². The first-order valence-corrected chi connectivity index (χ1v) is 10.4. The molecule has 8 nitrogen and oxygen atoms in total. The van der Waals surface area contributed by atoms with Gasteiger partial charge in [0, 0.05) is 28.3 Å². The Morgan fingerprint density at radius 1 is 1.09 bits per heavy atom. The molecular formula is C25H16ClN3O5. The van der Waals surface area contributed by atoms with Crippen LogP contribution in [-0.4, -0.2) is 21.6 Å². The minimum absolute atomic E-state index is 0.0430. The van der Waals surface area contributed by atoms with Crippen LogP contribution in [0.25, 0.3) is 17.4 Å². The Morgan fingerprint density at radius 3 is 2.44 bits per heavy atom. The summed E-state index contributed by atoms with van der Waals surface area (Å²) in [5.41, 5.74) is 1.40. The van der Waals surface area contributed by atoms with Crippen LogP contribution in [0.2, 0.25) is 5.02 Å². The van der Waals surface area contributed by atoms with Crippen LogP contribution in [0.4, 0.5) is 5.69 Å². The van der Waals surface area contributed by atoms with Gasteiger partial charge in [-0.25, -0.2) is 0 Å². The third-order valence-corrected chi connectivity index (χ3v) is 5.76. The van der Waals surface area contributed by atoms with E-state index in [0.717, 1.165) is 4.90 Å². The first kappa shape index (κ1) is 22.7. The van der Waals surface area contributed by atoms with Gasteiger partial charge in [0.15, 0.2) is 0 Å². The van der Waals surface area contributed by atoms with Crippen LogP contribution >= 0.6 is 11.6 Å². The summed E-state index contributed by atoms with van der Waals surface area (Å²) in [4.78, 5) is 37.4. The molecule has 0 spiro atoms. The van der Waals surface area contributed by atoms with E-state index in [-0.39, 0.29) is 29.0 Å². The number of imide groups is 1. The van der Waals surface area contributed by atoms with Crippen molar-refractivity contribution in [2.75, 3.05) is 0 Å². The van der Waals surface area contributed by atoms with E-state index in [1.54, 1.807) is 48.5 Å². The normalized spacial score (nSPS) is 15.1. The highest BCUT2D eigenvalue weighted by atomic mass is 35.5. The van der Waals surface area contributed by atoms with Gasteiger partial charge < -0.3 is 4.42 Å². The second kappa shape index (κ2) is 9.17. The summed E-state index contributed by atoms with van der Waals surface area (Å²) in [6.45, 7) is 1.45. The van der Waals surface area contributed by atoms with Crippen molar-refractivity contribution in [3.8, 4) is 17.4 Å². The summed E-state index contributed by atoms with van der Waals surface area (Å²) in [5.74, 6) is -0.501. The molecule has 2 aromatic carbocycles. The molecule has 0 saturated heterocycles. The lowest BCUT2D eigenvalue weighted by Crippen LogP contribution is -2.42. The van der Waals surface area contributed by atoms with Gasteiger partial charge in [-0.05, 0) is 54.5 Å². The fourth-order valence-electron chi connectivity index (χ4n) is 3.55. The number of carbonyl (C=O) groups is 2. The predicted molar refractivity (Wildman–Crippen MR) is 124 cm³/mol. The van der Waals surface area contributed by atoms with Gasteiger partial charge in [-0.3, -0.25) is 24.6 Å². The molecule has 0 unspecified atom stereocenters. The van der Waals surface area contributed by atoms with Crippen molar-refractivity contribution in [1.29, 1.82) is 5.26 Å². The highest BCUT2D eigenvalue weighted by Crippen LogP contribution is 2.31. The number of halogens is 1. The molecule has 0 radical (unpaired) electrons. The summed E-state index contributed by atoms with van der Waals surface area (Å²) in [5, 5.41) is 20.8. The Labute approximate surface area is 199 Å². The van der Waals surface area contributed by atoms with Crippen molar-refractivity contribution in [2.45, 2.75) is 13.5 Å². The summed E-state index contributed by atoms with van der Waals surface area (Å²) < 4.78 is 5.81. The zero-order chi connectivity index (χ0) is 24.4. The van der Waals surface area contributed by atoms with Crippen molar-refractivity contribution in [3.63, 3.8) is 0 Å². The van der Waals surface area contributed by atoms with E-state index in [0.29, 0.717) is 27.7 Å². The largest absolute Gasteiger partial charge is 0.457 e. The molecule has 0 saturated carbocycles. The molecule has 34 heavy (non-hydrogen) atoms. The summed E-state index contributed by atoms with van der Waals surface area (Å²) in [7, 11) is 0. The van der Waals surface area contributed by atoms with E-state index in [1.807, 2.05) is 6.07 Å². The van der Waals surface area contributed by atoms with E-state index in [9.17, 15) is 25.0 Å². The Morgan fingerprint density at radius 2 is 1.79 bits per heavy atom. The van der Waals surface area contributed by atoms with Gasteiger partial charge >= 0.3 is 0 Å². The Kier molecular flexibility index (Phi) is 6.13. The number of hydrogen-bond donors (Lipinski definition) is 0. The van der Waals surface area contributed by atoms with Gasteiger partial charge in [-0.1, -0.05) is 29.8 Å². The molecule has 2 amide bonds. The van der Waals surface area contributed by atoms with Gasteiger partial charge in [-0.2, -0.15) is 5.26 Å². The Hall–Kier alpha value is -4.48. The third-order valence-electron chi connectivity index (χ3n) is 5.39.